The van der Waals surface area contributed by atoms with Crippen LogP contribution in [0, 0.1) is 25.1 Å². The molecule has 0 aliphatic heterocycles. The zero-order valence-corrected chi connectivity index (χ0v) is 15.5. The molecule has 140 valence electrons. The lowest BCUT2D eigenvalue weighted by molar-refractivity contribution is -0.118. The van der Waals surface area contributed by atoms with Crippen molar-refractivity contribution < 1.29 is 23.2 Å². The van der Waals surface area contributed by atoms with Gasteiger partial charge in [-0.15, -0.1) is 6.42 Å². The first kappa shape index (κ1) is 20.2. The number of aryl methyl sites for hydroxylation is 1. The fourth-order valence-electron chi connectivity index (χ4n) is 2.08. The van der Waals surface area contributed by atoms with E-state index >= 15 is 0 Å². The van der Waals surface area contributed by atoms with Crippen molar-refractivity contribution in [3.63, 3.8) is 0 Å². The molecule has 0 aliphatic rings. The van der Waals surface area contributed by atoms with E-state index in [0.717, 1.165) is 12.1 Å². The van der Waals surface area contributed by atoms with Crippen molar-refractivity contribution in [2.24, 2.45) is 0 Å². The molecular formula is C19H16ClFN2O4. The fourth-order valence-corrected chi connectivity index (χ4v) is 2.26. The SMILES string of the molecule is C#CC(C)(C)NC(=O)C(=O)c1cc(C(=O)Nc2ccc(F)c(Cl)c2)c(C)o1. The van der Waals surface area contributed by atoms with E-state index in [1.807, 2.05) is 0 Å². The molecule has 2 N–H and O–H groups in total. The Labute approximate surface area is 160 Å². The molecule has 2 rings (SSSR count). The van der Waals surface area contributed by atoms with Gasteiger partial charge < -0.3 is 15.1 Å². The van der Waals surface area contributed by atoms with Gasteiger partial charge in [0, 0.05) is 11.8 Å². The van der Waals surface area contributed by atoms with E-state index in [1.165, 1.54) is 19.1 Å². The summed E-state index contributed by atoms with van der Waals surface area (Å²) in [5.74, 6) is -0.993. The highest BCUT2D eigenvalue weighted by molar-refractivity contribution is 6.42. The van der Waals surface area contributed by atoms with E-state index in [1.54, 1.807) is 13.8 Å². The van der Waals surface area contributed by atoms with E-state index < -0.39 is 29.0 Å². The van der Waals surface area contributed by atoms with Gasteiger partial charge in [-0.1, -0.05) is 17.5 Å². The van der Waals surface area contributed by atoms with Gasteiger partial charge in [-0.3, -0.25) is 14.4 Å². The van der Waals surface area contributed by atoms with Gasteiger partial charge in [0.15, 0.2) is 5.76 Å². The number of ketones is 1. The van der Waals surface area contributed by atoms with Crippen LogP contribution in [0.2, 0.25) is 5.02 Å². The molecule has 6 nitrogen and oxygen atoms in total. The van der Waals surface area contributed by atoms with Crippen molar-refractivity contribution in [2.75, 3.05) is 5.32 Å². The molecule has 0 fully saturated rings. The summed E-state index contributed by atoms with van der Waals surface area (Å²) in [5, 5.41) is 4.73. The number of nitrogens with one attached hydrogen (secondary N) is 2. The molecule has 0 saturated heterocycles. The first-order chi connectivity index (χ1) is 12.5. The molecule has 1 heterocycles. The Kier molecular flexibility index (Phi) is 5.72. The van der Waals surface area contributed by atoms with Crippen molar-refractivity contribution in [1.29, 1.82) is 0 Å². The summed E-state index contributed by atoms with van der Waals surface area (Å²) in [6, 6.07) is 4.83. The van der Waals surface area contributed by atoms with E-state index in [2.05, 4.69) is 16.6 Å². The minimum atomic E-state index is -1.02. The van der Waals surface area contributed by atoms with Crippen LogP contribution < -0.4 is 10.6 Å². The number of hydrogen-bond acceptors (Lipinski definition) is 4. The van der Waals surface area contributed by atoms with Gasteiger partial charge in [-0.25, -0.2) is 4.39 Å². The average molecular weight is 391 g/mol. The molecule has 0 spiro atoms. The zero-order valence-electron chi connectivity index (χ0n) is 14.8. The summed E-state index contributed by atoms with van der Waals surface area (Å²) in [7, 11) is 0. The molecule has 2 aromatic rings. The molecule has 0 radical (unpaired) electrons. The predicted octanol–water partition coefficient (Wildman–Crippen LogP) is 3.34. The Morgan fingerprint density at radius 1 is 1.26 bits per heavy atom. The molecule has 0 atom stereocenters. The van der Waals surface area contributed by atoms with Crippen LogP contribution in [-0.2, 0) is 4.79 Å². The van der Waals surface area contributed by atoms with Crippen LogP contribution >= 0.6 is 11.6 Å². The summed E-state index contributed by atoms with van der Waals surface area (Å²) in [6.07, 6.45) is 5.27. The average Bonchev–Trinajstić information content (AvgIpc) is 2.99. The maximum Gasteiger partial charge on any atom is 0.296 e. The topological polar surface area (TPSA) is 88.4 Å². The maximum absolute atomic E-state index is 13.2. The second-order valence-electron chi connectivity index (χ2n) is 6.22. The van der Waals surface area contributed by atoms with Crippen LogP contribution in [0.1, 0.15) is 40.5 Å². The lowest BCUT2D eigenvalue weighted by atomic mass is 10.1. The quantitative estimate of drug-likeness (QED) is 0.465. The molecule has 0 aliphatic carbocycles. The largest absolute Gasteiger partial charge is 0.457 e. The van der Waals surface area contributed by atoms with Gasteiger partial charge in [0.2, 0.25) is 0 Å². The first-order valence-corrected chi connectivity index (χ1v) is 8.13. The second kappa shape index (κ2) is 7.64. The van der Waals surface area contributed by atoms with Crippen molar-refractivity contribution in [2.45, 2.75) is 26.3 Å². The number of halogens is 2. The summed E-state index contributed by atoms with van der Waals surface area (Å²) in [4.78, 5) is 36.6. The lowest BCUT2D eigenvalue weighted by Gasteiger charge is -2.18. The van der Waals surface area contributed by atoms with Crippen LogP contribution in [0.4, 0.5) is 10.1 Å². The summed E-state index contributed by atoms with van der Waals surface area (Å²) >= 11 is 5.67. The van der Waals surface area contributed by atoms with Crippen molar-refractivity contribution in [3.8, 4) is 12.3 Å². The van der Waals surface area contributed by atoms with E-state index in [4.69, 9.17) is 22.4 Å². The molecule has 8 heteroatoms. The first-order valence-electron chi connectivity index (χ1n) is 7.75. The van der Waals surface area contributed by atoms with Crippen molar-refractivity contribution in [3.05, 3.63) is 52.2 Å². The Balaban J connectivity index is 2.18. The summed E-state index contributed by atoms with van der Waals surface area (Å²) in [5.41, 5.74) is -0.715. The number of hydrogen-bond donors (Lipinski definition) is 2. The van der Waals surface area contributed by atoms with E-state index in [0.29, 0.717) is 0 Å². The van der Waals surface area contributed by atoms with Gasteiger partial charge in [0.1, 0.15) is 11.6 Å². The second-order valence-corrected chi connectivity index (χ2v) is 6.62. The molecule has 1 aromatic carbocycles. The Bertz CT molecular complexity index is 973. The van der Waals surface area contributed by atoms with Crippen LogP contribution in [0.3, 0.4) is 0 Å². The van der Waals surface area contributed by atoms with Crippen LogP contribution in [0.5, 0.6) is 0 Å². The molecular weight excluding hydrogens is 375 g/mol. The fraction of sp³-hybridized carbons (Fsp3) is 0.211. The molecule has 0 bridgehead atoms. The number of benzene rings is 1. The number of Topliss-reactive ketones (excluding diaryl/α,β-unsaturated/α-hetero) is 1. The van der Waals surface area contributed by atoms with Crippen LogP contribution in [-0.4, -0.2) is 23.1 Å². The Hall–Kier alpha value is -3.11. The Morgan fingerprint density at radius 3 is 2.52 bits per heavy atom. The minimum Gasteiger partial charge on any atom is -0.457 e. The molecule has 1 aromatic heterocycles. The molecule has 27 heavy (non-hydrogen) atoms. The summed E-state index contributed by atoms with van der Waals surface area (Å²) in [6.45, 7) is 4.57. The third kappa shape index (κ3) is 4.74. The van der Waals surface area contributed by atoms with Crippen molar-refractivity contribution >= 4 is 34.9 Å². The van der Waals surface area contributed by atoms with Crippen molar-refractivity contribution in [1.82, 2.24) is 5.32 Å². The van der Waals surface area contributed by atoms with E-state index in [-0.39, 0.29) is 27.8 Å². The van der Waals surface area contributed by atoms with Gasteiger partial charge in [0.05, 0.1) is 16.1 Å². The number of carbonyl (C=O) groups is 3. The normalized spacial score (nSPS) is 10.8. The van der Waals surface area contributed by atoms with Gasteiger partial charge in [-0.2, -0.15) is 0 Å². The molecule has 0 saturated carbocycles. The number of amides is 2. The predicted molar refractivity (Wildman–Crippen MR) is 98.2 cm³/mol. The number of anilines is 1. The number of furan rings is 1. The highest BCUT2D eigenvalue weighted by atomic mass is 35.5. The maximum atomic E-state index is 13.2. The third-order valence-electron chi connectivity index (χ3n) is 3.56. The third-order valence-corrected chi connectivity index (χ3v) is 3.85. The Morgan fingerprint density at radius 2 is 1.93 bits per heavy atom. The standard InChI is InChI=1S/C19H16ClFN2O4/c1-5-19(3,4)23-18(26)16(24)15-9-12(10(2)27-15)17(25)22-11-6-7-14(21)13(20)8-11/h1,6-9H,2-4H3,(H,22,25)(H,23,26). The number of rotatable bonds is 5. The van der Waals surface area contributed by atoms with Gasteiger partial charge in [0.25, 0.3) is 17.6 Å². The zero-order chi connectivity index (χ0) is 20.4. The van der Waals surface area contributed by atoms with Crippen LogP contribution in [0.15, 0.2) is 28.7 Å². The lowest BCUT2D eigenvalue weighted by Crippen LogP contribution is -2.45. The monoisotopic (exact) mass is 390 g/mol. The number of carbonyl (C=O) groups excluding carboxylic acids is 3. The molecule has 0 unspecified atom stereocenters. The van der Waals surface area contributed by atoms with E-state index in [9.17, 15) is 18.8 Å². The van der Waals surface area contributed by atoms with Gasteiger partial charge in [-0.05, 0) is 39.0 Å². The summed E-state index contributed by atoms with van der Waals surface area (Å²) < 4.78 is 18.4. The van der Waals surface area contributed by atoms with Crippen LogP contribution in [0.25, 0.3) is 0 Å². The highest BCUT2D eigenvalue weighted by Gasteiger charge is 2.27. The minimum absolute atomic E-state index is 0.0443. The smallest absolute Gasteiger partial charge is 0.296 e. The number of terminal acetylenes is 1. The highest BCUT2D eigenvalue weighted by Crippen LogP contribution is 2.22. The molecule has 2 amide bonds. The van der Waals surface area contributed by atoms with Gasteiger partial charge >= 0.3 is 0 Å².